The van der Waals surface area contributed by atoms with Crippen LogP contribution in [0.2, 0.25) is 0 Å². The molecule has 2 saturated heterocycles. The third-order valence-electron chi connectivity index (χ3n) is 4.20. The Morgan fingerprint density at radius 1 is 1.36 bits per heavy atom. The smallest absolute Gasteiger partial charge is 0.416 e. The number of amides is 3. The maximum Gasteiger partial charge on any atom is 0.416 e. The predicted octanol–water partition coefficient (Wildman–Crippen LogP) is 2.24. The zero-order valence-corrected chi connectivity index (χ0v) is 14.2. The molecule has 1 aromatic rings. The molecular formula is C15H16N5O4P. The average molecular weight is 361 g/mol. The summed E-state index contributed by atoms with van der Waals surface area (Å²) in [5, 5.41) is 0. The van der Waals surface area contributed by atoms with Crippen LogP contribution in [-0.2, 0) is 20.7 Å². The fourth-order valence-electron chi connectivity index (χ4n) is 3.01. The van der Waals surface area contributed by atoms with E-state index in [4.69, 9.17) is 10.3 Å². The molecule has 1 aromatic carbocycles. The van der Waals surface area contributed by atoms with Crippen molar-refractivity contribution in [2.24, 2.45) is 10.8 Å². The maximum atomic E-state index is 12.8. The van der Waals surface area contributed by atoms with Crippen molar-refractivity contribution < 1.29 is 19.1 Å². The highest BCUT2D eigenvalue weighted by Crippen LogP contribution is 2.32. The third-order valence-corrected chi connectivity index (χ3v) is 5.05. The topological polar surface area (TPSA) is 116 Å². The van der Waals surface area contributed by atoms with Gasteiger partial charge in [0.05, 0.1) is 20.8 Å². The molecule has 0 aliphatic carbocycles. The summed E-state index contributed by atoms with van der Waals surface area (Å²) in [5.74, 6) is -1.29. The number of ether oxygens (including phenoxy) is 1. The van der Waals surface area contributed by atoms with Crippen LogP contribution in [0.15, 0.2) is 35.2 Å². The van der Waals surface area contributed by atoms with E-state index in [0.29, 0.717) is 6.42 Å². The van der Waals surface area contributed by atoms with Gasteiger partial charge in [-0.05, 0) is 17.5 Å². The van der Waals surface area contributed by atoms with Crippen molar-refractivity contribution in [3.63, 3.8) is 0 Å². The van der Waals surface area contributed by atoms with Gasteiger partial charge in [0.1, 0.15) is 6.61 Å². The molecule has 0 N–H and O–H groups in total. The molecule has 130 valence electrons. The van der Waals surface area contributed by atoms with Crippen molar-refractivity contribution in [1.29, 1.82) is 0 Å². The fourth-order valence-corrected chi connectivity index (χ4v) is 3.66. The monoisotopic (exact) mass is 361 g/mol. The summed E-state index contributed by atoms with van der Waals surface area (Å²) in [6.45, 7) is 0.293. The number of azide groups is 1. The molecule has 3 atom stereocenters. The minimum Gasteiger partial charge on any atom is -0.447 e. The molecule has 1 unspecified atom stereocenters. The molecule has 3 rings (SSSR count). The molecule has 2 fully saturated rings. The van der Waals surface area contributed by atoms with Crippen molar-refractivity contribution in [3.8, 4) is 0 Å². The lowest BCUT2D eigenvalue weighted by atomic mass is 10.0. The van der Waals surface area contributed by atoms with Crippen LogP contribution < -0.4 is 0 Å². The van der Waals surface area contributed by atoms with Crippen LogP contribution in [0.5, 0.6) is 0 Å². The summed E-state index contributed by atoms with van der Waals surface area (Å²) < 4.78 is 6.40. The Bertz CT molecular complexity index is 737. The average Bonchev–Trinajstić information content (AvgIpc) is 3.16. The van der Waals surface area contributed by atoms with Crippen LogP contribution in [0, 0.1) is 5.92 Å². The third kappa shape index (κ3) is 3.73. The highest BCUT2D eigenvalue weighted by Gasteiger charge is 2.44. The van der Waals surface area contributed by atoms with E-state index >= 15 is 0 Å². The number of hydrogen-bond donors (Lipinski definition) is 0. The summed E-state index contributed by atoms with van der Waals surface area (Å²) >= 11 is 0. The number of imide groups is 1. The van der Waals surface area contributed by atoms with Gasteiger partial charge in [-0.25, -0.2) is 9.69 Å². The highest BCUT2D eigenvalue weighted by molar-refractivity contribution is 7.34. The van der Waals surface area contributed by atoms with Crippen molar-refractivity contribution in [1.82, 2.24) is 9.57 Å². The molecule has 0 bridgehead atoms. The number of carbonyl (C=O) groups excluding carboxylic acids is 3. The first-order chi connectivity index (χ1) is 12.1. The minimum absolute atomic E-state index is 0.00855. The Hall–Kier alpha value is -2.63. The Labute approximate surface area is 145 Å². The molecule has 3 amide bonds. The Morgan fingerprint density at radius 3 is 2.84 bits per heavy atom. The van der Waals surface area contributed by atoms with Gasteiger partial charge in [0, 0.05) is 17.9 Å². The highest BCUT2D eigenvalue weighted by atomic mass is 31.1. The van der Waals surface area contributed by atoms with E-state index < -0.39 is 17.9 Å². The Balaban J connectivity index is 1.70. The molecule has 2 heterocycles. The molecule has 2 aliphatic rings. The van der Waals surface area contributed by atoms with Crippen LogP contribution in [0.1, 0.15) is 12.0 Å². The summed E-state index contributed by atoms with van der Waals surface area (Å²) in [5.41, 5.74) is 9.36. The lowest BCUT2D eigenvalue weighted by Crippen LogP contribution is -2.44. The first-order valence-corrected chi connectivity index (χ1v) is 8.63. The minimum atomic E-state index is -0.672. The quantitative estimate of drug-likeness (QED) is 0.346. The van der Waals surface area contributed by atoms with Gasteiger partial charge in [-0.15, -0.1) is 0 Å². The zero-order chi connectivity index (χ0) is 17.8. The second-order valence-electron chi connectivity index (χ2n) is 5.82. The van der Waals surface area contributed by atoms with Gasteiger partial charge in [0.25, 0.3) is 0 Å². The molecule has 0 spiro atoms. The second-order valence-corrected chi connectivity index (χ2v) is 6.76. The van der Waals surface area contributed by atoms with Crippen LogP contribution >= 0.6 is 8.88 Å². The number of nitrogens with zero attached hydrogens (tertiary/aromatic N) is 5. The van der Waals surface area contributed by atoms with Gasteiger partial charge in [-0.2, -0.15) is 0 Å². The molecule has 10 heteroatoms. The SMILES string of the molecule is [N-]=[N+]=NPN1C[C@H](C(=O)N2C(=O)OC[C@H]2Cc2ccccc2)CC1=O. The molecular weight excluding hydrogens is 345 g/mol. The normalized spacial score (nSPS) is 23.2. The first kappa shape index (κ1) is 17.2. The van der Waals surface area contributed by atoms with Crippen molar-refractivity contribution in [2.45, 2.75) is 18.9 Å². The van der Waals surface area contributed by atoms with Crippen molar-refractivity contribution in [3.05, 3.63) is 46.3 Å². The van der Waals surface area contributed by atoms with Crippen LogP contribution in [0.25, 0.3) is 10.4 Å². The van der Waals surface area contributed by atoms with Gasteiger partial charge in [0.15, 0.2) is 0 Å². The molecule has 25 heavy (non-hydrogen) atoms. The van der Waals surface area contributed by atoms with E-state index in [1.165, 1.54) is 4.67 Å². The van der Waals surface area contributed by atoms with Gasteiger partial charge < -0.3 is 9.41 Å². The van der Waals surface area contributed by atoms with E-state index in [1.54, 1.807) is 0 Å². The standard InChI is InChI=1S/C15H16N5O4P/c16-17-18-25-19-8-11(7-13(19)21)14(22)20-12(9-24-15(20)23)6-10-4-2-1-3-5-10/h1-5,11-12,25H,6-9H2/t11-,12-/m1/s1. The van der Waals surface area contributed by atoms with Gasteiger partial charge in [-0.3, -0.25) is 9.59 Å². The van der Waals surface area contributed by atoms with Crippen LogP contribution in [0.3, 0.4) is 0 Å². The van der Waals surface area contributed by atoms with Crippen molar-refractivity contribution >= 4 is 26.8 Å². The van der Waals surface area contributed by atoms with E-state index in [9.17, 15) is 14.4 Å². The first-order valence-electron chi connectivity index (χ1n) is 7.74. The Kier molecular flexibility index (Phi) is 5.16. The number of hydrogen-bond acceptors (Lipinski definition) is 5. The molecule has 9 nitrogen and oxygen atoms in total. The molecule has 0 saturated carbocycles. The number of carbonyl (C=O) groups is 3. The predicted molar refractivity (Wildman–Crippen MR) is 89.4 cm³/mol. The lowest BCUT2D eigenvalue weighted by Gasteiger charge is -2.22. The summed E-state index contributed by atoms with van der Waals surface area (Å²) in [4.78, 5) is 43.9. The number of rotatable bonds is 5. The van der Waals surface area contributed by atoms with E-state index in [2.05, 4.69) is 9.80 Å². The van der Waals surface area contributed by atoms with Crippen LogP contribution in [0.4, 0.5) is 4.79 Å². The molecule has 0 radical (unpaired) electrons. The van der Waals surface area contributed by atoms with E-state index in [0.717, 1.165) is 10.5 Å². The molecule has 2 aliphatic heterocycles. The van der Waals surface area contributed by atoms with Gasteiger partial charge >= 0.3 is 6.09 Å². The summed E-state index contributed by atoms with van der Waals surface area (Å²) in [7, 11) is -0.374. The van der Waals surface area contributed by atoms with Crippen molar-refractivity contribution in [2.75, 3.05) is 13.2 Å². The second kappa shape index (κ2) is 7.51. The summed E-state index contributed by atoms with van der Waals surface area (Å²) in [6.07, 6.45) is -0.160. The largest absolute Gasteiger partial charge is 0.447 e. The van der Waals surface area contributed by atoms with E-state index in [-0.39, 0.29) is 40.4 Å². The van der Waals surface area contributed by atoms with E-state index in [1.807, 2.05) is 30.3 Å². The number of cyclic esters (lactones) is 1. The Morgan fingerprint density at radius 2 is 2.12 bits per heavy atom. The lowest BCUT2D eigenvalue weighted by molar-refractivity contribution is -0.133. The number of benzene rings is 1. The zero-order valence-electron chi connectivity index (χ0n) is 13.2. The fraction of sp³-hybridized carbons (Fsp3) is 0.400. The van der Waals surface area contributed by atoms with Gasteiger partial charge in [0.2, 0.25) is 11.8 Å². The van der Waals surface area contributed by atoms with Gasteiger partial charge in [-0.1, -0.05) is 35.2 Å². The maximum absolute atomic E-state index is 12.8. The summed E-state index contributed by atoms with van der Waals surface area (Å²) in [6, 6.07) is 9.14. The van der Waals surface area contributed by atoms with Crippen LogP contribution in [-0.4, -0.2) is 46.7 Å². The molecule has 0 aromatic heterocycles.